The van der Waals surface area contributed by atoms with E-state index in [4.69, 9.17) is 0 Å². The highest BCUT2D eigenvalue weighted by atomic mass is 79.9. The lowest BCUT2D eigenvalue weighted by Crippen LogP contribution is -2.01. The average molecular weight is 345 g/mol. The fourth-order valence-corrected chi connectivity index (χ4v) is 2.25. The summed E-state index contributed by atoms with van der Waals surface area (Å²) >= 11 is 3.45. The van der Waals surface area contributed by atoms with Crippen LogP contribution in [0.2, 0.25) is 0 Å². The number of aromatic nitrogens is 2. The molecule has 0 fully saturated rings. The Balaban J connectivity index is 2.05. The molecule has 0 N–H and O–H groups in total. The van der Waals surface area contributed by atoms with Gasteiger partial charge in [-0.15, -0.1) is 0 Å². The van der Waals surface area contributed by atoms with Crippen molar-refractivity contribution in [2.45, 2.75) is 26.2 Å². The number of halogens is 1. The minimum absolute atomic E-state index is 0.139. The molecule has 0 aliphatic heterocycles. The normalized spacial score (nSPS) is 11.0. The van der Waals surface area contributed by atoms with E-state index in [0.29, 0.717) is 5.69 Å². The third kappa shape index (κ3) is 4.60. The van der Waals surface area contributed by atoms with Crippen LogP contribution in [0.5, 0.6) is 0 Å². The summed E-state index contributed by atoms with van der Waals surface area (Å²) in [5, 5.41) is 0. The lowest BCUT2D eigenvalue weighted by molar-refractivity contribution is 0.104. The second-order valence-electron chi connectivity index (χ2n) is 4.72. The highest BCUT2D eigenvalue weighted by Crippen LogP contribution is 2.17. The van der Waals surface area contributed by atoms with Gasteiger partial charge >= 0.3 is 0 Å². The lowest BCUT2D eigenvalue weighted by atomic mass is 10.1. The fourth-order valence-electron chi connectivity index (χ4n) is 1.83. The van der Waals surface area contributed by atoms with E-state index in [0.717, 1.165) is 35.0 Å². The van der Waals surface area contributed by atoms with Crippen molar-refractivity contribution in [2.75, 3.05) is 0 Å². The van der Waals surface area contributed by atoms with Crippen molar-refractivity contribution >= 4 is 27.8 Å². The molecular weight excluding hydrogens is 328 g/mol. The molecule has 0 radical (unpaired) electrons. The summed E-state index contributed by atoms with van der Waals surface area (Å²) in [7, 11) is 0. The minimum atomic E-state index is -0.139. The maximum atomic E-state index is 12.1. The van der Waals surface area contributed by atoms with Gasteiger partial charge in [0, 0.05) is 10.7 Å². The third-order valence-corrected chi connectivity index (χ3v) is 3.79. The molecule has 0 unspecified atom stereocenters. The number of carbonyl (C=O) groups excluding carboxylic acids is 1. The number of hydrogen-bond acceptors (Lipinski definition) is 3. The number of hydrogen-bond donors (Lipinski definition) is 0. The zero-order chi connectivity index (χ0) is 15.1. The third-order valence-electron chi connectivity index (χ3n) is 3.06. The first-order chi connectivity index (χ1) is 10.2. The number of benzene rings is 1. The Morgan fingerprint density at radius 3 is 2.71 bits per heavy atom. The van der Waals surface area contributed by atoms with E-state index >= 15 is 0 Å². The Hall–Kier alpha value is -1.81. The van der Waals surface area contributed by atoms with Crippen LogP contribution in [0, 0.1) is 0 Å². The zero-order valence-electron chi connectivity index (χ0n) is 11.9. The van der Waals surface area contributed by atoms with Gasteiger partial charge in [0.1, 0.15) is 5.69 Å². The SMILES string of the molecule is CCCCc1cnc(C(=O)/C=C/c2ccccc2Br)cn1. The second-order valence-corrected chi connectivity index (χ2v) is 5.57. The first-order valence-electron chi connectivity index (χ1n) is 6.98. The van der Waals surface area contributed by atoms with E-state index in [1.807, 2.05) is 24.3 Å². The minimum Gasteiger partial charge on any atom is -0.287 e. The summed E-state index contributed by atoms with van der Waals surface area (Å²) in [4.78, 5) is 20.5. The van der Waals surface area contributed by atoms with E-state index in [1.165, 1.54) is 6.08 Å². The molecule has 0 aliphatic rings. The van der Waals surface area contributed by atoms with Crippen LogP contribution in [-0.4, -0.2) is 15.8 Å². The molecule has 3 nitrogen and oxygen atoms in total. The van der Waals surface area contributed by atoms with Gasteiger partial charge in [-0.1, -0.05) is 47.5 Å². The molecule has 2 aromatic rings. The Morgan fingerprint density at radius 2 is 2.05 bits per heavy atom. The molecule has 0 atom stereocenters. The molecule has 0 amide bonds. The van der Waals surface area contributed by atoms with Crippen molar-refractivity contribution in [1.82, 2.24) is 9.97 Å². The molecule has 2 rings (SSSR count). The second kappa shape index (κ2) is 7.84. The van der Waals surface area contributed by atoms with Crippen LogP contribution in [0.25, 0.3) is 6.08 Å². The van der Waals surface area contributed by atoms with E-state index in [9.17, 15) is 4.79 Å². The van der Waals surface area contributed by atoms with Crippen LogP contribution in [0.3, 0.4) is 0 Å². The number of aryl methyl sites for hydroxylation is 1. The highest BCUT2D eigenvalue weighted by Gasteiger charge is 2.05. The molecule has 0 bridgehead atoms. The van der Waals surface area contributed by atoms with Crippen LogP contribution >= 0.6 is 15.9 Å². The Kier molecular flexibility index (Phi) is 5.81. The van der Waals surface area contributed by atoms with Crippen LogP contribution in [0.1, 0.15) is 41.5 Å². The van der Waals surface area contributed by atoms with Gasteiger partial charge in [0.2, 0.25) is 5.78 Å². The number of rotatable bonds is 6. The van der Waals surface area contributed by atoms with Gasteiger partial charge in [-0.2, -0.15) is 0 Å². The number of ketones is 1. The number of carbonyl (C=O) groups is 1. The van der Waals surface area contributed by atoms with Gasteiger partial charge in [-0.3, -0.25) is 9.78 Å². The predicted molar refractivity (Wildman–Crippen MR) is 88.2 cm³/mol. The lowest BCUT2D eigenvalue weighted by Gasteiger charge is -2.00. The van der Waals surface area contributed by atoms with Crippen LogP contribution < -0.4 is 0 Å². The quantitative estimate of drug-likeness (QED) is 0.573. The standard InChI is InChI=1S/C17H17BrN2O/c1-2-3-7-14-11-20-16(12-19-14)17(21)10-9-13-6-4-5-8-15(13)18/h4-6,8-12H,2-3,7H2,1H3/b10-9+. The average Bonchev–Trinajstić information content (AvgIpc) is 2.52. The van der Waals surface area contributed by atoms with E-state index in [-0.39, 0.29) is 5.78 Å². The molecule has 1 aromatic carbocycles. The van der Waals surface area contributed by atoms with Crippen molar-refractivity contribution in [1.29, 1.82) is 0 Å². The van der Waals surface area contributed by atoms with Crippen molar-refractivity contribution in [3.8, 4) is 0 Å². The highest BCUT2D eigenvalue weighted by molar-refractivity contribution is 9.10. The molecule has 108 valence electrons. The molecule has 0 saturated carbocycles. The monoisotopic (exact) mass is 344 g/mol. The summed E-state index contributed by atoms with van der Waals surface area (Å²) in [6.45, 7) is 2.14. The fraction of sp³-hybridized carbons (Fsp3) is 0.235. The summed E-state index contributed by atoms with van der Waals surface area (Å²) in [5.41, 5.74) is 2.26. The molecule has 0 aliphatic carbocycles. The number of allylic oxidation sites excluding steroid dienone is 1. The smallest absolute Gasteiger partial charge is 0.205 e. The number of nitrogens with zero attached hydrogens (tertiary/aromatic N) is 2. The van der Waals surface area contributed by atoms with Crippen LogP contribution in [0.4, 0.5) is 0 Å². The van der Waals surface area contributed by atoms with Gasteiger partial charge < -0.3 is 0 Å². The maximum absolute atomic E-state index is 12.1. The Labute approximate surface area is 133 Å². The Bertz CT molecular complexity index is 635. The Morgan fingerprint density at radius 1 is 1.24 bits per heavy atom. The summed E-state index contributed by atoms with van der Waals surface area (Å²) in [6, 6.07) is 7.74. The van der Waals surface area contributed by atoms with Gasteiger partial charge in [-0.05, 0) is 36.6 Å². The largest absolute Gasteiger partial charge is 0.287 e. The van der Waals surface area contributed by atoms with E-state index < -0.39 is 0 Å². The first kappa shape index (κ1) is 15.6. The van der Waals surface area contributed by atoms with Crippen LogP contribution in [-0.2, 0) is 6.42 Å². The molecule has 21 heavy (non-hydrogen) atoms. The van der Waals surface area contributed by atoms with Crippen molar-refractivity contribution in [3.05, 3.63) is 64.2 Å². The summed E-state index contributed by atoms with van der Waals surface area (Å²) in [6.07, 6.45) is 9.66. The summed E-state index contributed by atoms with van der Waals surface area (Å²) < 4.78 is 0.954. The van der Waals surface area contributed by atoms with Crippen molar-refractivity contribution < 1.29 is 4.79 Å². The first-order valence-corrected chi connectivity index (χ1v) is 7.78. The molecule has 0 spiro atoms. The molecule has 1 aromatic heterocycles. The van der Waals surface area contributed by atoms with Gasteiger partial charge in [-0.25, -0.2) is 4.98 Å². The van der Waals surface area contributed by atoms with Gasteiger partial charge in [0.05, 0.1) is 11.9 Å². The predicted octanol–water partition coefficient (Wildman–Crippen LogP) is 4.48. The van der Waals surface area contributed by atoms with Crippen LogP contribution in [0.15, 0.2) is 47.2 Å². The molecular formula is C17H17BrN2O. The number of unbranched alkanes of at least 4 members (excludes halogenated alkanes) is 1. The maximum Gasteiger partial charge on any atom is 0.205 e. The van der Waals surface area contributed by atoms with Gasteiger partial charge in [0.15, 0.2) is 0 Å². The molecule has 4 heteroatoms. The van der Waals surface area contributed by atoms with E-state index in [1.54, 1.807) is 18.5 Å². The van der Waals surface area contributed by atoms with Crippen molar-refractivity contribution in [2.24, 2.45) is 0 Å². The van der Waals surface area contributed by atoms with Gasteiger partial charge in [0.25, 0.3) is 0 Å². The molecule has 0 saturated heterocycles. The molecule has 1 heterocycles. The van der Waals surface area contributed by atoms with Crippen molar-refractivity contribution in [3.63, 3.8) is 0 Å². The van der Waals surface area contributed by atoms with E-state index in [2.05, 4.69) is 32.8 Å². The topological polar surface area (TPSA) is 42.9 Å². The summed E-state index contributed by atoms with van der Waals surface area (Å²) in [5.74, 6) is -0.139. The zero-order valence-corrected chi connectivity index (χ0v) is 13.5.